The van der Waals surface area contributed by atoms with Crippen LogP contribution in [-0.4, -0.2) is 50.3 Å². The maximum absolute atomic E-state index is 12.5. The number of nitrogens with zero attached hydrogens (tertiary/aromatic N) is 1. The number of thioether (sulfide) groups is 1. The number of aliphatic carboxylic acids is 1. The summed E-state index contributed by atoms with van der Waals surface area (Å²) in [6.45, 7) is 10.9. The highest BCUT2D eigenvalue weighted by Crippen LogP contribution is 2.42. The number of hydrogen-bond donors (Lipinski definition) is 1. The van der Waals surface area contributed by atoms with Crippen LogP contribution in [0.5, 0.6) is 0 Å². The summed E-state index contributed by atoms with van der Waals surface area (Å²) in [4.78, 5) is 25.8. The first-order chi connectivity index (χ1) is 9.02. The van der Waals surface area contributed by atoms with E-state index in [2.05, 4.69) is 0 Å². The Morgan fingerprint density at radius 1 is 1.40 bits per heavy atom. The average Bonchev–Trinajstić information content (AvgIpc) is 2.58. The summed E-state index contributed by atoms with van der Waals surface area (Å²) in [5, 5.41) is 9.58. The van der Waals surface area contributed by atoms with Gasteiger partial charge in [0.1, 0.15) is 5.60 Å². The van der Waals surface area contributed by atoms with Crippen molar-refractivity contribution >= 4 is 23.8 Å². The van der Waals surface area contributed by atoms with E-state index in [0.717, 1.165) is 5.75 Å². The first kappa shape index (κ1) is 17.1. The molecule has 0 spiro atoms. The van der Waals surface area contributed by atoms with Gasteiger partial charge in [0.2, 0.25) is 0 Å². The molecule has 1 aliphatic heterocycles. The summed E-state index contributed by atoms with van der Waals surface area (Å²) in [6, 6.07) is -0.234. The molecule has 20 heavy (non-hydrogen) atoms. The quantitative estimate of drug-likeness (QED) is 0.868. The Morgan fingerprint density at radius 3 is 2.25 bits per heavy atom. The van der Waals surface area contributed by atoms with Gasteiger partial charge in [-0.15, -0.1) is 0 Å². The van der Waals surface area contributed by atoms with E-state index >= 15 is 0 Å². The molecular formula is C14H25NO4S. The smallest absolute Gasteiger partial charge is 0.411 e. The molecule has 0 aromatic rings. The lowest BCUT2D eigenvalue weighted by molar-refractivity contribution is -0.152. The van der Waals surface area contributed by atoms with Crippen LogP contribution in [0.25, 0.3) is 0 Å². The molecule has 0 aromatic carbocycles. The zero-order chi connectivity index (χ0) is 15.7. The minimum atomic E-state index is -1.18. The standard InChI is InChI=1S/C14H25NO4S/c1-9(2)15(12(18)19-13(4,5)6)14(11(16)17)7-8-20-10(14)3/h9-10H,7-8H2,1-6H3,(H,16,17). The Hall–Kier alpha value is -0.910. The van der Waals surface area contributed by atoms with E-state index in [0.29, 0.717) is 6.42 Å². The van der Waals surface area contributed by atoms with Gasteiger partial charge in [-0.3, -0.25) is 4.90 Å². The van der Waals surface area contributed by atoms with Gasteiger partial charge >= 0.3 is 12.1 Å². The number of rotatable bonds is 3. The number of carboxylic acid groups (broad SMARTS) is 1. The van der Waals surface area contributed by atoms with Crippen LogP contribution >= 0.6 is 11.8 Å². The number of ether oxygens (including phenoxy) is 1. The zero-order valence-corrected chi connectivity index (χ0v) is 13.9. The summed E-state index contributed by atoms with van der Waals surface area (Å²) >= 11 is 1.58. The summed E-state index contributed by atoms with van der Waals surface area (Å²) in [6.07, 6.45) is -0.102. The first-order valence-corrected chi connectivity index (χ1v) is 7.94. The second kappa shape index (κ2) is 5.84. The van der Waals surface area contributed by atoms with Gasteiger partial charge in [-0.05, 0) is 46.8 Å². The van der Waals surface area contributed by atoms with Crippen molar-refractivity contribution in [1.29, 1.82) is 0 Å². The molecule has 2 atom stereocenters. The van der Waals surface area contributed by atoms with E-state index in [-0.39, 0.29) is 11.3 Å². The van der Waals surface area contributed by atoms with Crippen LogP contribution in [0.3, 0.4) is 0 Å². The Labute approximate surface area is 125 Å². The average molecular weight is 303 g/mol. The largest absolute Gasteiger partial charge is 0.479 e. The van der Waals surface area contributed by atoms with Crippen LogP contribution in [0.2, 0.25) is 0 Å². The number of carbonyl (C=O) groups is 2. The molecule has 1 fully saturated rings. The molecule has 0 bridgehead atoms. The molecule has 0 saturated carbocycles. The van der Waals surface area contributed by atoms with Crippen molar-refractivity contribution in [3.05, 3.63) is 0 Å². The first-order valence-electron chi connectivity index (χ1n) is 6.89. The molecule has 1 amide bonds. The molecule has 1 saturated heterocycles. The minimum Gasteiger partial charge on any atom is -0.479 e. The third kappa shape index (κ3) is 3.22. The van der Waals surface area contributed by atoms with Crippen molar-refractivity contribution in [3.63, 3.8) is 0 Å². The van der Waals surface area contributed by atoms with Crippen LogP contribution in [0, 0.1) is 0 Å². The molecule has 0 aromatic heterocycles. The van der Waals surface area contributed by atoms with Crippen LogP contribution < -0.4 is 0 Å². The van der Waals surface area contributed by atoms with Crippen LogP contribution in [0.1, 0.15) is 48.0 Å². The highest BCUT2D eigenvalue weighted by Gasteiger charge is 2.55. The molecule has 1 N–H and O–H groups in total. The molecule has 1 aliphatic rings. The van der Waals surface area contributed by atoms with Crippen molar-refractivity contribution < 1.29 is 19.4 Å². The number of amides is 1. The van der Waals surface area contributed by atoms with Crippen molar-refractivity contribution in [3.8, 4) is 0 Å². The van der Waals surface area contributed by atoms with Gasteiger partial charge in [0.15, 0.2) is 5.54 Å². The van der Waals surface area contributed by atoms with Gasteiger partial charge in [0.05, 0.1) is 0 Å². The molecule has 0 aliphatic carbocycles. The maximum Gasteiger partial charge on any atom is 0.411 e. The molecule has 2 unspecified atom stereocenters. The molecule has 116 valence electrons. The Bertz CT molecular complexity index is 391. The van der Waals surface area contributed by atoms with Crippen molar-refractivity contribution in [2.24, 2.45) is 0 Å². The SMILES string of the molecule is CC(C)N(C(=O)OC(C)(C)C)C1(C(=O)O)CCSC1C. The third-order valence-electron chi connectivity index (χ3n) is 3.43. The highest BCUT2D eigenvalue weighted by molar-refractivity contribution is 8.00. The second-order valence-electron chi connectivity index (χ2n) is 6.44. The molecule has 6 heteroatoms. The molecule has 5 nitrogen and oxygen atoms in total. The van der Waals surface area contributed by atoms with E-state index in [1.807, 2.05) is 20.8 Å². The third-order valence-corrected chi connectivity index (χ3v) is 4.76. The summed E-state index contributed by atoms with van der Waals surface area (Å²) in [7, 11) is 0. The molecule has 0 radical (unpaired) electrons. The minimum absolute atomic E-state index is 0.157. The fraction of sp³-hybridized carbons (Fsp3) is 0.857. The maximum atomic E-state index is 12.5. The lowest BCUT2D eigenvalue weighted by Crippen LogP contribution is -2.63. The summed E-state index contributed by atoms with van der Waals surface area (Å²) < 4.78 is 5.41. The van der Waals surface area contributed by atoms with Crippen molar-refractivity contribution in [2.45, 2.75) is 70.4 Å². The second-order valence-corrected chi connectivity index (χ2v) is 7.89. The Morgan fingerprint density at radius 2 is 1.95 bits per heavy atom. The number of carbonyl (C=O) groups excluding carboxylic acids is 1. The lowest BCUT2D eigenvalue weighted by atomic mass is 9.89. The van der Waals surface area contributed by atoms with E-state index < -0.39 is 23.2 Å². The van der Waals surface area contributed by atoms with Crippen LogP contribution in [-0.2, 0) is 9.53 Å². The predicted molar refractivity (Wildman–Crippen MR) is 80.1 cm³/mol. The molecule has 1 rings (SSSR count). The van der Waals surface area contributed by atoms with Gasteiger partial charge in [-0.25, -0.2) is 9.59 Å². The van der Waals surface area contributed by atoms with Gasteiger partial charge in [0, 0.05) is 11.3 Å². The fourth-order valence-electron chi connectivity index (χ4n) is 2.58. The van der Waals surface area contributed by atoms with Crippen LogP contribution in [0.15, 0.2) is 0 Å². The van der Waals surface area contributed by atoms with Gasteiger partial charge < -0.3 is 9.84 Å². The molecule has 1 heterocycles. The van der Waals surface area contributed by atoms with Gasteiger partial charge in [-0.1, -0.05) is 6.92 Å². The molecular weight excluding hydrogens is 278 g/mol. The Kier molecular flexibility index (Phi) is 5.00. The van der Waals surface area contributed by atoms with E-state index in [1.54, 1.807) is 32.5 Å². The predicted octanol–water partition coefficient (Wildman–Crippen LogP) is 2.98. The van der Waals surface area contributed by atoms with Gasteiger partial charge in [0.25, 0.3) is 0 Å². The van der Waals surface area contributed by atoms with E-state index in [4.69, 9.17) is 4.74 Å². The zero-order valence-electron chi connectivity index (χ0n) is 13.1. The summed E-state index contributed by atoms with van der Waals surface area (Å²) in [5.41, 5.74) is -1.82. The topological polar surface area (TPSA) is 66.8 Å². The summed E-state index contributed by atoms with van der Waals surface area (Å²) in [5.74, 6) is -0.214. The highest BCUT2D eigenvalue weighted by atomic mass is 32.2. The number of hydrogen-bond acceptors (Lipinski definition) is 4. The van der Waals surface area contributed by atoms with Gasteiger partial charge in [-0.2, -0.15) is 11.8 Å². The number of carboxylic acids is 1. The van der Waals surface area contributed by atoms with Crippen molar-refractivity contribution in [1.82, 2.24) is 4.90 Å². The normalized spacial score (nSPS) is 26.6. The van der Waals surface area contributed by atoms with Crippen molar-refractivity contribution in [2.75, 3.05) is 5.75 Å². The monoisotopic (exact) mass is 303 g/mol. The van der Waals surface area contributed by atoms with E-state index in [9.17, 15) is 14.7 Å². The lowest BCUT2D eigenvalue weighted by Gasteiger charge is -2.43. The fourth-order valence-corrected chi connectivity index (χ4v) is 3.97. The Balaban J connectivity index is 3.17. The van der Waals surface area contributed by atoms with Crippen LogP contribution in [0.4, 0.5) is 4.79 Å². The van der Waals surface area contributed by atoms with E-state index in [1.165, 1.54) is 4.90 Å².